The topological polar surface area (TPSA) is 54.2 Å². The smallest absolute Gasteiger partial charge is 0.191 e. The lowest BCUT2D eigenvalue weighted by Crippen LogP contribution is -2.41. The van der Waals surface area contributed by atoms with Crippen molar-refractivity contribution in [3.63, 3.8) is 0 Å². The molecule has 2 N–H and O–H groups in total. The Hall–Kier alpha value is -0.790. The van der Waals surface area contributed by atoms with Crippen LogP contribution >= 0.6 is 24.0 Å². The number of aryl methyl sites for hydroxylation is 1. The fraction of sp³-hybridized carbons (Fsp3) is 0.733. The second kappa shape index (κ2) is 11.8. The zero-order valence-electron chi connectivity index (χ0n) is 13.7. The van der Waals surface area contributed by atoms with E-state index in [2.05, 4.69) is 34.6 Å². The van der Waals surface area contributed by atoms with Crippen LogP contribution in [0.3, 0.4) is 0 Å². The molecule has 5 nitrogen and oxygen atoms in total. The average Bonchev–Trinajstić information content (AvgIpc) is 2.85. The average molecular weight is 407 g/mol. The van der Waals surface area contributed by atoms with Crippen LogP contribution in [0.25, 0.3) is 0 Å². The van der Waals surface area contributed by atoms with E-state index in [0.29, 0.717) is 6.04 Å². The Labute approximate surface area is 146 Å². The number of unbranched alkanes of at least 4 members (excludes halogenated alkanes) is 3. The number of hydrogen-bond donors (Lipinski definition) is 2. The number of nitrogens with zero attached hydrogens (tertiary/aromatic N) is 3. The first-order valence-electron chi connectivity index (χ1n) is 7.60. The number of hydrogen-bond acceptors (Lipinski definition) is 2. The summed E-state index contributed by atoms with van der Waals surface area (Å²) in [5, 5.41) is 10.9. The Kier molecular flexibility index (Phi) is 11.4. The fourth-order valence-corrected chi connectivity index (χ4v) is 2.13. The van der Waals surface area contributed by atoms with Crippen LogP contribution in [0.15, 0.2) is 17.4 Å². The van der Waals surface area contributed by atoms with Gasteiger partial charge in [-0.15, -0.1) is 24.0 Å². The van der Waals surface area contributed by atoms with Gasteiger partial charge >= 0.3 is 0 Å². The number of aromatic nitrogens is 2. The Balaban J connectivity index is 0.00000400. The first kappa shape index (κ1) is 20.2. The molecule has 6 heteroatoms. The minimum Gasteiger partial charge on any atom is -0.354 e. The summed E-state index contributed by atoms with van der Waals surface area (Å²) in [6.07, 6.45) is 10.3. The van der Waals surface area contributed by atoms with Gasteiger partial charge in [0.25, 0.3) is 0 Å². The summed E-state index contributed by atoms with van der Waals surface area (Å²) >= 11 is 0. The number of rotatable bonds is 8. The molecular weight excluding hydrogens is 377 g/mol. The molecule has 1 heterocycles. The minimum atomic E-state index is 0. The van der Waals surface area contributed by atoms with Gasteiger partial charge in [0.15, 0.2) is 5.96 Å². The summed E-state index contributed by atoms with van der Waals surface area (Å²) < 4.78 is 1.81. The molecule has 1 rings (SSSR count). The molecule has 1 atom stereocenters. The third kappa shape index (κ3) is 8.95. The highest BCUT2D eigenvalue weighted by Gasteiger charge is 2.05. The Morgan fingerprint density at radius 3 is 2.71 bits per heavy atom. The predicted octanol–water partition coefficient (Wildman–Crippen LogP) is 3.06. The Morgan fingerprint density at radius 2 is 2.14 bits per heavy atom. The van der Waals surface area contributed by atoms with E-state index in [0.717, 1.165) is 18.1 Å². The molecule has 1 aromatic heterocycles. The van der Waals surface area contributed by atoms with Gasteiger partial charge in [0.1, 0.15) is 0 Å². The summed E-state index contributed by atoms with van der Waals surface area (Å²) in [6, 6.07) is 0.451. The van der Waals surface area contributed by atoms with Gasteiger partial charge < -0.3 is 10.6 Å². The van der Waals surface area contributed by atoms with E-state index in [4.69, 9.17) is 0 Å². The highest BCUT2D eigenvalue weighted by Crippen LogP contribution is 2.05. The molecule has 0 aliphatic rings. The third-order valence-electron chi connectivity index (χ3n) is 3.32. The number of aliphatic imine (C=N–C) groups is 1. The molecule has 0 aliphatic heterocycles. The molecule has 1 aromatic rings. The van der Waals surface area contributed by atoms with Crippen molar-refractivity contribution in [2.24, 2.45) is 12.0 Å². The molecule has 0 spiro atoms. The monoisotopic (exact) mass is 407 g/mol. The molecular formula is C15H30IN5. The van der Waals surface area contributed by atoms with Crippen LogP contribution in [0, 0.1) is 0 Å². The highest BCUT2D eigenvalue weighted by molar-refractivity contribution is 14.0. The van der Waals surface area contributed by atoms with Crippen LogP contribution in [-0.4, -0.2) is 28.8 Å². The van der Waals surface area contributed by atoms with Crippen LogP contribution in [0.1, 0.15) is 51.5 Å². The molecule has 0 bridgehead atoms. The maximum Gasteiger partial charge on any atom is 0.191 e. The van der Waals surface area contributed by atoms with E-state index in [9.17, 15) is 0 Å². The largest absolute Gasteiger partial charge is 0.354 e. The summed E-state index contributed by atoms with van der Waals surface area (Å²) in [6.45, 7) is 5.20. The highest BCUT2D eigenvalue weighted by atomic mass is 127. The van der Waals surface area contributed by atoms with E-state index >= 15 is 0 Å². The van der Waals surface area contributed by atoms with Crippen LogP contribution in [0.4, 0.5) is 0 Å². The summed E-state index contributed by atoms with van der Waals surface area (Å²) in [4.78, 5) is 4.26. The van der Waals surface area contributed by atoms with E-state index in [1.54, 1.807) is 0 Å². The molecule has 122 valence electrons. The van der Waals surface area contributed by atoms with Crippen LogP contribution in [0.2, 0.25) is 0 Å². The van der Waals surface area contributed by atoms with Crippen molar-refractivity contribution in [3.8, 4) is 0 Å². The third-order valence-corrected chi connectivity index (χ3v) is 3.32. The van der Waals surface area contributed by atoms with Gasteiger partial charge in [0.05, 0.1) is 6.20 Å². The van der Waals surface area contributed by atoms with Gasteiger partial charge in [-0.05, 0) is 13.3 Å². The summed E-state index contributed by atoms with van der Waals surface area (Å²) in [5.41, 5.74) is 1.16. The van der Waals surface area contributed by atoms with Crippen LogP contribution in [0.5, 0.6) is 0 Å². The van der Waals surface area contributed by atoms with Gasteiger partial charge in [0, 0.05) is 38.4 Å². The second-order valence-electron chi connectivity index (χ2n) is 5.34. The summed E-state index contributed by atoms with van der Waals surface area (Å²) in [7, 11) is 3.73. The molecule has 0 aromatic carbocycles. The molecule has 0 aliphatic carbocycles. The van der Waals surface area contributed by atoms with Crippen molar-refractivity contribution in [1.82, 2.24) is 20.4 Å². The maximum atomic E-state index is 4.26. The molecule has 21 heavy (non-hydrogen) atoms. The van der Waals surface area contributed by atoms with Crippen molar-refractivity contribution in [3.05, 3.63) is 18.0 Å². The Bertz CT molecular complexity index is 403. The maximum absolute atomic E-state index is 4.26. The van der Waals surface area contributed by atoms with E-state index in [1.807, 2.05) is 31.2 Å². The zero-order chi connectivity index (χ0) is 14.8. The van der Waals surface area contributed by atoms with E-state index in [1.165, 1.54) is 32.1 Å². The van der Waals surface area contributed by atoms with Gasteiger partial charge in [-0.2, -0.15) is 5.10 Å². The number of nitrogens with one attached hydrogen (secondary N) is 2. The van der Waals surface area contributed by atoms with Crippen molar-refractivity contribution in [1.29, 1.82) is 0 Å². The quantitative estimate of drug-likeness (QED) is 0.302. The minimum absolute atomic E-state index is 0. The number of guanidine groups is 1. The zero-order valence-corrected chi connectivity index (χ0v) is 16.1. The second-order valence-corrected chi connectivity index (χ2v) is 5.34. The van der Waals surface area contributed by atoms with E-state index in [-0.39, 0.29) is 24.0 Å². The lowest BCUT2D eigenvalue weighted by atomic mass is 10.1. The SMILES string of the molecule is CCCCCCC(C)NC(=NC)NCc1cnn(C)c1.I. The molecule has 0 fully saturated rings. The molecule has 0 saturated heterocycles. The van der Waals surface area contributed by atoms with Crippen molar-refractivity contribution in [2.45, 2.75) is 58.5 Å². The van der Waals surface area contributed by atoms with Crippen molar-refractivity contribution >= 4 is 29.9 Å². The predicted molar refractivity (Wildman–Crippen MR) is 100 cm³/mol. The summed E-state index contributed by atoms with van der Waals surface area (Å²) in [5.74, 6) is 0.858. The lowest BCUT2D eigenvalue weighted by Gasteiger charge is -2.17. The Morgan fingerprint density at radius 1 is 1.38 bits per heavy atom. The van der Waals surface area contributed by atoms with Gasteiger partial charge in [-0.1, -0.05) is 32.6 Å². The lowest BCUT2D eigenvalue weighted by molar-refractivity contribution is 0.537. The van der Waals surface area contributed by atoms with Gasteiger partial charge in [-0.3, -0.25) is 9.67 Å². The molecule has 0 radical (unpaired) electrons. The normalized spacial score (nSPS) is 12.7. The number of halogens is 1. The molecule has 0 amide bonds. The van der Waals surface area contributed by atoms with E-state index < -0.39 is 0 Å². The molecule has 1 unspecified atom stereocenters. The first-order valence-corrected chi connectivity index (χ1v) is 7.60. The van der Waals surface area contributed by atoms with Crippen molar-refractivity contribution < 1.29 is 0 Å². The van der Waals surface area contributed by atoms with Crippen LogP contribution < -0.4 is 10.6 Å². The van der Waals surface area contributed by atoms with Gasteiger partial charge in [-0.25, -0.2) is 0 Å². The standard InChI is InChI=1S/C15H29N5.HI/c1-5-6-7-8-9-13(2)19-15(16-3)17-10-14-11-18-20(4)12-14;/h11-13H,5-10H2,1-4H3,(H2,16,17,19);1H. The van der Waals surface area contributed by atoms with Crippen molar-refractivity contribution in [2.75, 3.05) is 7.05 Å². The first-order chi connectivity index (χ1) is 9.65. The van der Waals surface area contributed by atoms with Gasteiger partial charge in [0.2, 0.25) is 0 Å². The van der Waals surface area contributed by atoms with Crippen LogP contribution in [-0.2, 0) is 13.6 Å². The molecule has 0 saturated carbocycles. The fourth-order valence-electron chi connectivity index (χ4n) is 2.13.